The van der Waals surface area contributed by atoms with Gasteiger partial charge in [0.2, 0.25) is 11.8 Å². The van der Waals surface area contributed by atoms with Crippen LogP contribution in [0.15, 0.2) is 4.99 Å². The van der Waals surface area contributed by atoms with E-state index in [-0.39, 0.29) is 12.3 Å². The minimum Gasteiger partial charge on any atom is -0.394 e. The predicted octanol–water partition coefficient (Wildman–Crippen LogP) is -3.23. The molecule has 0 saturated carbocycles. The van der Waals surface area contributed by atoms with Crippen LogP contribution in [0.3, 0.4) is 0 Å². The van der Waals surface area contributed by atoms with Gasteiger partial charge in [-0.05, 0) is 19.6 Å². The lowest BCUT2D eigenvalue weighted by Crippen LogP contribution is -2.69. The summed E-state index contributed by atoms with van der Waals surface area (Å²) in [7, 11) is 0. The molecule has 0 aromatic rings. The number of aliphatic imine (C=N–C) groups is 1. The molecule has 0 aromatic heterocycles. The van der Waals surface area contributed by atoms with E-state index in [4.69, 9.17) is 14.2 Å². The molecule has 0 spiro atoms. The minimum atomic E-state index is -1.47. The van der Waals surface area contributed by atoms with E-state index < -0.39 is 80.3 Å². The molecule has 0 bridgehead atoms. The summed E-state index contributed by atoms with van der Waals surface area (Å²) in [5, 5.41) is 56.1. The molecular weight excluding hydrogens is 442 g/mol. The summed E-state index contributed by atoms with van der Waals surface area (Å²) in [6.45, 7) is 3.39. The zero-order valence-corrected chi connectivity index (χ0v) is 18.9. The molecule has 7 N–H and O–H groups in total. The molecule has 0 aromatic carbocycles. The zero-order valence-electron chi connectivity index (χ0n) is 18.9. The van der Waals surface area contributed by atoms with Gasteiger partial charge in [-0.25, -0.2) is 0 Å². The van der Waals surface area contributed by atoms with Gasteiger partial charge in [-0.2, -0.15) is 0 Å². The molecule has 2 amide bonds. The Morgan fingerprint density at radius 1 is 1.03 bits per heavy atom. The van der Waals surface area contributed by atoms with Crippen molar-refractivity contribution in [3.05, 3.63) is 0 Å². The van der Waals surface area contributed by atoms with Crippen molar-refractivity contribution < 1.29 is 49.3 Å². The van der Waals surface area contributed by atoms with E-state index in [1.807, 2.05) is 6.92 Å². The van der Waals surface area contributed by atoms with Crippen molar-refractivity contribution in [2.75, 3.05) is 13.2 Å². The lowest BCUT2D eigenvalue weighted by atomic mass is 9.94. The van der Waals surface area contributed by atoms with Gasteiger partial charge in [-0.15, -0.1) is 0 Å². The van der Waals surface area contributed by atoms with Crippen LogP contribution in [0.1, 0.15) is 33.6 Å². The number of aliphatic hydroxyl groups is 5. The van der Waals surface area contributed by atoms with Gasteiger partial charge in [-0.1, -0.05) is 6.92 Å². The summed E-state index contributed by atoms with van der Waals surface area (Å²) in [6, 6.07) is -2.24. The normalized spacial score (nSPS) is 39.4. The highest BCUT2D eigenvalue weighted by atomic mass is 16.7. The third kappa shape index (κ3) is 6.67. The van der Waals surface area contributed by atoms with Crippen molar-refractivity contribution in [3.63, 3.8) is 0 Å². The molecular formula is C20H35N3O10. The van der Waals surface area contributed by atoms with Gasteiger partial charge >= 0.3 is 0 Å². The Labute approximate surface area is 191 Å². The maximum absolute atomic E-state index is 12.1. The Bertz CT molecular complexity index is 680. The first kappa shape index (κ1) is 27.5. The summed E-state index contributed by atoms with van der Waals surface area (Å²) in [5.41, 5.74) is 0. The van der Waals surface area contributed by atoms with Crippen LogP contribution in [-0.2, 0) is 23.8 Å². The van der Waals surface area contributed by atoms with Crippen molar-refractivity contribution in [1.82, 2.24) is 10.6 Å². The molecule has 2 heterocycles. The second-order valence-electron chi connectivity index (χ2n) is 8.02. The quantitative estimate of drug-likeness (QED) is 0.166. The first-order valence-electron chi connectivity index (χ1n) is 10.9. The van der Waals surface area contributed by atoms with Crippen LogP contribution in [0.5, 0.6) is 0 Å². The average molecular weight is 478 g/mol. The van der Waals surface area contributed by atoms with Crippen molar-refractivity contribution in [1.29, 1.82) is 0 Å². The van der Waals surface area contributed by atoms with Gasteiger partial charge in [0.25, 0.3) is 0 Å². The van der Waals surface area contributed by atoms with Gasteiger partial charge in [0.15, 0.2) is 12.5 Å². The maximum atomic E-state index is 12.1. The average Bonchev–Trinajstić information content (AvgIpc) is 2.77. The van der Waals surface area contributed by atoms with Crippen LogP contribution < -0.4 is 10.6 Å². The van der Waals surface area contributed by atoms with Gasteiger partial charge < -0.3 is 50.4 Å². The Balaban J connectivity index is 2.29. The first-order valence-corrected chi connectivity index (χ1v) is 10.9. The molecule has 13 nitrogen and oxygen atoms in total. The lowest BCUT2D eigenvalue weighted by molar-refractivity contribution is -0.312. The van der Waals surface area contributed by atoms with Crippen LogP contribution in [0.4, 0.5) is 0 Å². The molecule has 190 valence electrons. The lowest BCUT2D eigenvalue weighted by Gasteiger charge is -2.47. The summed E-state index contributed by atoms with van der Waals surface area (Å²) in [5.74, 6) is -0.864. The molecule has 0 radical (unpaired) electrons. The van der Waals surface area contributed by atoms with Crippen LogP contribution in [0.2, 0.25) is 0 Å². The highest BCUT2D eigenvalue weighted by Gasteiger charge is 2.51. The second kappa shape index (κ2) is 12.7. The molecule has 10 unspecified atom stereocenters. The molecule has 2 aliphatic heterocycles. The molecule has 2 fully saturated rings. The third-order valence-electron chi connectivity index (χ3n) is 5.51. The number of hydrogen-bond acceptors (Lipinski definition) is 11. The van der Waals surface area contributed by atoms with Gasteiger partial charge in [0, 0.05) is 13.3 Å². The molecule has 33 heavy (non-hydrogen) atoms. The third-order valence-corrected chi connectivity index (χ3v) is 5.51. The fraction of sp³-hybridized carbons (Fsp3) is 0.850. The number of carbonyl (C=O) groups is 2. The van der Waals surface area contributed by atoms with Crippen molar-refractivity contribution >= 4 is 18.0 Å². The minimum absolute atomic E-state index is 0.196. The van der Waals surface area contributed by atoms with Gasteiger partial charge in [0.1, 0.15) is 48.7 Å². The Morgan fingerprint density at radius 3 is 2.24 bits per heavy atom. The number of aliphatic hydroxyl groups excluding tert-OH is 5. The number of ether oxygens (including phenoxy) is 3. The summed E-state index contributed by atoms with van der Waals surface area (Å²) in [4.78, 5) is 27.9. The van der Waals surface area contributed by atoms with Crippen molar-refractivity contribution in [2.45, 2.75) is 94.8 Å². The van der Waals surface area contributed by atoms with E-state index in [0.717, 1.165) is 0 Å². The van der Waals surface area contributed by atoms with Crippen molar-refractivity contribution in [2.24, 2.45) is 4.99 Å². The second-order valence-corrected chi connectivity index (χ2v) is 8.02. The Hall–Kier alpha value is -1.71. The SMILES string of the molecule is CC=NC1C(OC2C(CO)OC(NC(=O)CCC)C(NC(C)=O)C2O)OC(CO)C(O)C1O. The molecule has 2 saturated heterocycles. The zero-order chi connectivity index (χ0) is 24.7. The largest absolute Gasteiger partial charge is 0.394 e. The highest BCUT2D eigenvalue weighted by molar-refractivity contribution is 5.76. The molecule has 2 rings (SSSR count). The van der Waals surface area contributed by atoms with E-state index in [9.17, 15) is 35.1 Å². The monoisotopic (exact) mass is 477 g/mol. The Morgan fingerprint density at radius 2 is 1.70 bits per heavy atom. The summed E-state index contributed by atoms with van der Waals surface area (Å²) in [6.07, 6.45) is -8.32. The van der Waals surface area contributed by atoms with E-state index in [1.165, 1.54) is 13.1 Å². The van der Waals surface area contributed by atoms with E-state index in [1.54, 1.807) is 6.92 Å². The number of rotatable bonds is 9. The summed E-state index contributed by atoms with van der Waals surface area (Å²) < 4.78 is 17.2. The van der Waals surface area contributed by atoms with E-state index in [0.29, 0.717) is 6.42 Å². The topological polar surface area (TPSA) is 199 Å². The number of amides is 2. The van der Waals surface area contributed by atoms with Crippen LogP contribution in [0.25, 0.3) is 0 Å². The number of carbonyl (C=O) groups excluding carboxylic acids is 2. The van der Waals surface area contributed by atoms with Gasteiger partial charge in [0.05, 0.1) is 13.2 Å². The van der Waals surface area contributed by atoms with Crippen molar-refractivity contribution in [3.8, 4) is 0 Å². The van der Waals surface area contributed by atoms with Gasteiger partial charge in [-0.3, -0.25) is 14.6 Å². The number of nitrogens with zero attached hydrogens (tertiary/aromatic N) is 1. The van der Waals surface area contributed by atoms with Crippen LogP contribution in [0, 0.1) is 0 Å². The fourth-order valence-electron chi connectivity index (χ4n) is 3.91. The highest BCUT2D eigenvalue weighted by Crippen LogP contribution is 2.30. The summed E-state index contributed by atoms with van der Waals surface area (Å²) >= 11 is 0. The smallest absolute Gasteiger partial charge is 0.222 e. The number of nitrogens with one attached hydrogen (secondary N) is 2. The predicted molar refractivity (Wildman–Crippen MR) is 113 cm³/mol. The standard InChI is InChI=1S/C20H35N3O10/c1-4-6-12(27)23-19-13(22-9(3)26)17(30)18(11(8-25)31-19)33-20-14(21-5-2)16(29)15(28)10(7-24)32-20/h5,10-11,13-20,24-25,28-30H,4,6-8H2,1-3H3,(H,22,26)(H,23,27). The molecule has 10 atom stereocenters. The Kier molecular flexibility index (Phi) is 10.6. The number of hydrogen-bond donors (Lipinski definition) is 7. The van der Waals surface area contributed by atoms with Crippen LogP contribution in [-0.4, -0.2) is 118 Å². The fourth-order valence-corrected chi connectivity index (χ4v) is 3.91. The van der Waals surface area contributed by atoms with E-state index in [2.05, 4.69) is 15.6 Å². The van der Waals surface area contributed by atoms with E-state index >= 15 is 0 Å². The maximum Gasteiger partial charge on any atom is 0.222 e. The first-order chi connectivity index (χ1) is 15.7. The molecule has 13 heteroatoms. The molecule has 2 aliphatic rings. The molecule has 0 aliphatic carbocycles. The van der Waals surface area contributed by atoms with Crippen LogP contribution >= 0.6 is 0 Å².